The molecule has 0 unspecified atom stereocenters. The third-order valence-corrected chi connectivity index (χ3v) is 10.4. The monoisotopic (exact) mass is 710 g/mol. The number of carbonyl (C=O) groups is 2. The quantitative estimate of drug-likeness (QED) is 0.0613. The first-order chi connectivity index (χ1) is 24.2. The third kappa shape index (κ3) is 9.10. The van der Waals surface area contributed by atoms with Crippen LogP contribution in [0.25, 0.3) is 0 Å². The molecule has 0 radical (unpaired) electrons. The van der Waals surface area contributed by atoms with E-state index >= 15 is 4.57 Å². The van der Waals surface area contributed by atoms with Gasteiger partial charge in [0, 0.05) is 16.4 Å². The van der Waals surface area contributed by atoms with Gasteiger partial charge < -0.3 is 42.5 Å². The molecule has 50 heavy (non-hydrogen) atoms. The molecular formula is C38H47O11P. The van der Waals surface area contributed by atoms with Gasteiger partial charge in [-0.1, -0.05) is 42.5 Å². The van der Waals surface area contributed by atoms with Crippen LogP contribution in [0.3, 0.4) is 0 Å². The lowest BCUT2D eigenvalue weighted by molar-refractivity contribution is 0.0494. The highest BCUT2D eigenvalue weighted by Gasteiger charge is 2.48. The van der Waals surface area contributed by atoms with Crippen molar-refractivity contribution in [2.45, 2.75) is 27.1 Å². The van der Waals surface area contributed by atoms with E-state index in [4.69, 9.17) is 37.9 Å². The Morgan fingerprint density at radius 1 is 0.640 bits per heavy atom. The van der Waals surface area contributed by atoms with E-state index in [0.29, 0.717) is 48.7 Å². The number of hydrogen-bond acceptors (Lipinski definition) is 11. The molecule has 3 rings (SSSR count). The summed E-state index contributed by atoms with van der Waals surface area (Å²) in [6, 6.07) is 11.1. The second-order valence-electron chi connectivity index (χ2n) is 11.0. The topological polar surface area (TPSA) is 125 Å². The summed E-state index contributed by atoms with van der Waals surface area (Å²) in [7, 11) is 0.785. The molecule has 0 saturated heterocycles. The smallest absolute Gasteiger partial charge is 0.249 e. The molecule has 0 aromatic heterocycles. The maximum atomic E-state index is 15.6. The summed E-state index contributed by atoms with van der Waals surface area (Å²) in [5.41, 5.74) is 0.157. The van der Waals surface area contributed by atoms with Crippen LogP contribution in [-0.4, -0.2) is 79.1 Å². The van der Waals surface area contributed by atoms with Crippen LogP contribution in [0, 0.1) is 13.8 Å². The first-order valence-electron chi connectivity index (χ1n) is 15.9. The van der Waals surface area contributed by atoms with Crippen molar-refractivity contribution >= 4 is 23.5 Å². The molecule has 0 aliphatic rings. The summed E-state index contributed by atoms with van der Waals surface area (Å²) in [5.74, 6) is 0.334. The molecule has 0 aliphatic heterocycles. The molecule has 0 heterocycles. The molecule has 11 nitrogen and oxygen atoms in total. The highest BCUT2D eigenvalue weighted by atomic mass is 31.2. The van der Waals surface area contributed by atoms with Crippen molar-refractivity contribution in [3.05, 3.63) is 101 Å². The fraction of sp³-hybridized carbons (Fsp3) is 0.368. The summed E-state index contributed by atoms with van der Waals surface area (Å²) >= 11 is 0. The standard InChI is InChI=1S/C38H47O11P/c1-9-16-46-18-20-48-24-29-26(3)22-31(42-5)33(35(29)44-7)37(39)50(41,28-14-12-11-13-15-28)38(40)34-32(43-6)23-27(4)30(36(34)45-8)25-49-21-19-47-17-10-2/h9-15,22-23H,1-2,16-21,24-25H2,3-8H3. The normalized spacial score (nSPS) is 11.2. The van der Waals surface area contributed by atoms with Crippen molar-refractivity contribution < 1.29 is 52.0 Å². The molecule has 0 spiro atoms. The Hall–Kier alpha value is -4.25. The molecule has 270 valence electrons. The van der Waals surface area contributed by atoms with Crippen molar-refractivity contribution in [1.82, 2.24) is 0 Å². The number of rotatable bonds is 23. The second kappa shape index (κ2) is 19.8. The minimum absolute atomic E-state index is 0.0127. The number of carbonyl (C=O) groups excluding carboxylic acids is 2. The van der Waals surface area contributed by atoms with Crippen LogP contribution in [0.5, 0.6) is 23.0 Å². The Balaban J connectivity index is 2.22. The fourth-order valence-electron chi connectivity index (χ4n) is 5.33. The predicted molar refractivity (Wildman–Crippen MR) is 192 cm³/mol. The summed E-state index contributed by atoms with van der Waals surface area (Å²) < 4.78 is 61.0. The minimum Gasteiger partial charge on any atom is -0.496 e. The van der Waals surface area contributed by atoms with Gasteiger partial charge in [-0.05, 0) is 37.1 Å². The van der Waals surface area contributed by atoms with E-state index in [1.54, 1.807) is 42.5 Å². The van der Waals surface area contributed by atoms with Gasteiger partial charge in [0.2, 0.25) is 18.2 Å². The average Bonchev–Trinajstić information content (AvgIpc) is 3.13. The lowest BCUT2D eigenvalue weighted by Gasteiger charge is -2.24. The SMILES string of the molecule is C=CCOCCOCc1c(C)cc(OC)c(C(=O)P(=O)(C(=O)c2c(OC)cc(C)c(COCCOCC=C)c2OC)c2ccccc2)c1OC. The Bertz CT molecular complexity index is 1580. The lowest BCUT2D eigenvalue weighted by atomic mass is 10.0. The molecule has 0 aliphatic carbocycles. The molecule has 3 aromatic rings. The Morgan fingerprint density at radius 3 is 1.40 bits per heavy atom. The Kier molecular flexibility index (Phi) is 15.9. The van der Waals surface area contributed by atoms with Gasteiger partial charge >= 0.3 is 0 Å². The summed E-state index contributed by atoms with van der Waals surface area (Å²) in [6.45, 7) is 12.9. The van der Waals surface area contributed by atoms with Crippen LogP contribution in [-0.2, 0) is 36.7 Å². The van der Waals surface area contributed by atoms with E-state index in [0.717, 1.165) is 0 Å². The van der Waals surface area contributed by atoms with E-state index < -0.39 is 18.2 Å². The molecule has 0 fully saturated rings. The van der Waals surface area contributed by atoms with Crippen LogP contribution in [0.2, 0.25) is 0 Å². The number of ether oxygens (including phenoxy) is 8. The molecule has 0 atom stereocenters. The van der Waals surface area contributed by atoms with Gasteiger partial charge in [0.1, 0.15) is 34.1 Å². The zero-order valence-electron chi connectivity index (χ0n) is 29.7. The van der Waals surface area contributed by atoms with Crippen LogP contribution in [0.4, 0.5) is 0 Å². The van der Waals surface area contributed by atoms with Crippen molar-refractivity contribution in [1.29, 1.82) is 0 Å². The molecule has 0 N–H and O–H groups in total. The van der Waals surface area contributed by atoms with Gasteiger partial charge in [-0.3, -0.25) is 9.59 Å². The molecule has 0 bridgehead atoms. The van der Waals surface area contributed by atoms with Crippen molar-refractivity contribution in [3.63, 3.8) is 0 Å². The first kappa shape index (κ1) is 40.2. The van der Waals surface area contributed by atoms with E-state index in [2.05, 4.69) is 13.2 Å². The van der Waals surface area contributed by atoms with Gasteiger partial charge in [-0.15, -0.1) is 13.2 Å². The van der Waals surface area contributed by atoms with Crippen LogP contribution < -0.4 is 24.3 Å². The minimum atomic E-state index is -4.75. The number of benzene rings is 3. The number of hydrogen-bond donors (Lipinski definition) is 0. The molecule has 3 aromatic carbocycles. The summed E-state index contributed by atoms with van der Waals surface area (Å²) in [4.78, 5) is 29.9. The highest BCUT2D eigenvalue weighted by molar-refractivity contribution is 8.01. The molecule has 12 heteroatoms. The average molecular weight is 711 g/mol. The van der Waals surface area contributed by atoms with Crippen LogP contribution >= 0.6 is 7.14 Å². The van der Waals surface area contributed by atoms with Crippen molar-refractivity contribution in [2.24, 2.45) is 0 Å². The Morgan fingerprint density at radius 2 is 1.04 bits per heavy atom. The third-order valence-electron chi connectivity index (χ3n) is 7.82. The Labute approximate surface area is 294 Å². The number of aryl methyl sites for hydroxylation is 2. The fourth-order valence-corrected chi connectivity index (χ4v) is 7.63. The van der Waals surface area contributed by atoms with Gasteiger partial charge in [0.15, 0.2) is 0 Å². The number of methoxy groups -OCH3 is 4. The van der Waals surface area contributed by atoms with Crippen molar-refractivity contribution in [2.75, 3.05) is 68.1 Å². The maximum Gasteiger partial charge on any atom is 0.249 e. The zero-order valence-corrected chi connectivity index (χ0v) is 30.6. The van der Waals surface area contributed by atoms with E-state index in [1.165, 1.54) is 40.6 Å². The largest absolute Gasteiger partial charge is 0.496 e. The van der Waals surface area contributed by atoms with E-state index in [9.17, 15) is 9.59 Å². The molecule has 0 saturated carbocycles. The van der Waals surface area contributed by atoms with E-state index in [-0.39, 0.29) is 65.9 Å². The van der Waals surface area contributed by atoms with Gasteiger partial charge in [-0.2, -0.15) is 0 Å². The van der Waals surface area contributed by atoms with Crippen molar-refractivity contribution in [3.8, 4) is 23.0 Å². The van der Waals surface area contributed by atoms with Crippen LogP contribution in [0.1, 0.15) is 43.0 Å². The predicted octanol–water partition coefficient (Wildman–Crippen LogP) is 6.45. The second-order valence-corrected chi connectivity index (χ2v) is 13.5. The lowest BCUT2D eigenvalue weighted by Crippen LogP contribution is -2.23. The zero-order chi connectivity index (χ0) is 36.7. The molecular weight excluding hydrogens is 663 g/mol. The first-order valence-corrected chi connectivity index (χ1v) is 17.6. The van der Waals surface area contributed by atoms with Gasteiger partial charge in [0.05, 0.1) is 81.3 Å². The van der Waals surface area contributed by atoms with Crippen LogP contribution in [0.15, 0.2) is 67.8 Å². The highest BCUT2D eigenvalue weighted by Crippen LogP contribution is 2.57. The maximum absolute atomic E-state index is 15.6. The van der Waals surface area contributed by atoms with Gasteiger partial charge in [-0.25, -0.2) is 0 Å². The van der Waals surface area contributed by atoms with E-state index in [1.807, 2.05) is 13.8 Å². The summed E-state index contributed by atoms with van der Waals surface area (Å²) in [5, 5.41) is 0.0127. The summed E-state index contributed by atoms with van der Waals surface area (Å²) in [6.07, 6.45) is 3.28. The van der Waals surface area contributed by atoms with Gasteiger partial charge in [0.25, 0.3) is 0 Å². The molecule has 0 amide bonds.